The molecule has 19 heavy (non-hydrogen) atoms. The maximum absolute atomic E-state index is 13.3. The van der Waals surface area contributed by atoms with Gasteiger partial charge in [0.05, 0.1) is 5.69 Å². The molecular formula is C14H19FN2O2. The fraction of sp³-hybridized carbons (Fsp3) is 0.500. The molecule has 0 bridgehead atoms. The molecule has 104 valence electrons. The standard InChI is InChI=1S/C14H19FN2O2/c1-9(14(18)17-10-4-2-3-5-10)19-11-6-7-13(16)12(15)8-11/h6-10H,2-5,16H2,1H3,(H,17,18). The van der Waals surface area contributed by atoms with Crippen LogP contribution in [0.3, 0.4) is 0 Å². The van der Waals surface area contributed by atoms with Crippen molar-refractivity contribution in [3.63, 3.8) is 0 Å². The molecule has 1 aliphatic carbocycles. The number of benzene rings is 1. The van der Waals surface area contributed by atoms with Crippen molar-refractivity contribution in [1.82, 2.24) is 5.32 Å². The first-order chi connectivity index (χ1) is 9.06. The van der Waals surface area contributed by atoms with Gasteiger partial charge in [0.1, 0.15) is 11.6 Å². The third-order valence-corrected chi connectivity index (χ3v) is 3.36. The maximum atomic E-state index is 13.3. The van der Waals surface area contributed by atoms with E-state index in [-0.39, 0.29) is 17.6 Å². The van der Waals surface area contributed by atoms with Gasteiger partial charge in [0.2, 0.25) is 0 Å². The molecule has 1 saturated carbocycles. The van der Waals surface area contributed by atoms with Gasteiger partial charge < -0.3 is 15.8 Å². The first-order valence-electron chi connectivity index (χ1n) is 6.58. The second-order valence-corrected chi connectivity index (χ2v) is 4.93. The summed E-state index contributed by atoms with van der Waals surface area (Å²) in [6.07, 6.45) is 3.71. The number of halogens is 1. The van der Waals surface area contributed by atoms with E-state index in [1.165, 1.54) is 12.1 Å². The number of amides is 1. The molecule has 2 rings (SSSR count). The van der Waals surface area contributed by atoms with Crippen LogP contribution in [0.1, 0.15) is 32.6 Å². The van der Waals surface area contributed by atoms with Crippen LogP contribution < -0.4 is 15.8 Å². The van der Waals surface area contributed by atoms with E-state index in [9.17, 15) is 9.18 Å². The van der Waals surface area contributed by atoms with Gasteiger partial charge in [0.15, 0.2) is 6.10 Å². The van der Waals surface area contributed by atoms with Gasteiger partial charge in [0, 0.05) is 12.1 Å². The molecule has 0 aliphatic heterocycles. The van der Waals surface area contributed by atoms with Crippen molar-refractivity contribution < 1.29 is 13.9 Å². The van der Waals surface area contributed by atoms with Crippen LogP contribution in [0.25, 0.3) is 0 Å². The Hall–Kier alpha value is -1.78. The van der Waals surface area contributed by atoms with Crippen molar-refractivity contribution in [3.8, 4) is 5.75 Å². The van der Waals surface area contributed by atoms with E-state index in [1.54, 1.807) is 13.0 Å². The van der Waals surface area contributed by atoms with Crippen molar-refractivity contribution in [2.24, 2.45) is 0 Å². The fourth-order valence-corrected chi connectivity index (χ4v) is 2.23. The number of ether oxygens (including phenoxy) is 1. The molecule has 3 N–H and O–H groups in total. The van der Waals surface area contributed by atoms with Crippen LogP contribution in [0.2, 0.25) is 0 Å². The highest BCUT2D eigenvalue weighted by Crippen LogP contribution is 2.20. The van der Waals surface area contributed by atoms with Gasteiger partial charge in [-0.2, -0.15) is 0 Å². The minimum atomic E-state index is -0.649. The molecule has 1 atom stereocenters. The van der Waals surface area contributed by atoms with Crippen LogP contribution >= 0.6 is 0 Å². The number of nitrogen functional groups attached to an aromatic ring is 1. The minimum Gasteiger partial charge on any atom is -0.481 e. The van der Waals surface area contributed by atoms with Crippen LogP contribution in [-0.2, 0) is 4.79 Å². The Morgan fingerprint density at radius 1 is 1.47 bits per heavy atom. The lowest BCUT2D eigenvalue weighted by atomic mass is 10.2. The molecule has 0 radical (unpaired) electrons. The van der Waals surface area contributed by atoms with Crippen LogP contribution in [0, 0.1) is 5.82 Å². The summed E-state index contributed by atoms with van der Waals surface area (Å²) in [5, 5.41) is 2.94. The normalized spacial score (nSPS) is 17.2. The number of nitrogens with one attached hydrogen (secondary N) is 1. The molecule has 4 nitrogen and oxygen atoms in total. The highest BCUT2D eigenvalue weighted by molar-refractivity contribution is 5.81. The summed E-state index contributed by atoms with van der Waals surface area (Å²) in [6.45, 7) is 1.65. The topological polar surface area (TPSA) is 64.3 Å². The molecular weight excluding hydrogens is 247 g/mol. The lowest BCUT2D eigenvalue weighted by molar-refractivity contribution is -0.127. The Balaban J connectivity index is 1.90. The van der Waals surface area contributed by atoms with Crippen molar-refractivity contribution in [1.29, 1.82) is 0 Å². The smallest absolute Gasteiger partial charge is 0.260 e. The molecule has 0 spiro atoms. The Bertz CT molecular complexity index is 459. The number of rotatable bonds is 4. The lowest BCUT2D eigenvalue weighted by Crippen LogP contribution is -2.41. The van der Waals surface area contributed by atoms with Crippen molar-refractivity contribution in [2.45, 2.75) is 44.8 Å². The minimum absolute atomic E-state index is 0.0652. The van der Waals surface area contributed by atoms with Gasteiger partial charge in [-0.25, -0.2) is 4.39 Å². The third-order valence-electron chi connectivity index (χ3n) is 3.36. The van der Waals surface area contributed by atoms with Gasteiger partial charge in [-0.3, -0.25) is 4.79 Å². The number of hydrogen-bond acceptors (Lipinski definition) is 3. The Morgan fingerprint density at radius 2 is 2.16 bits per heavy atom. The first-order valence-corrected chi connectivity index (χ1v) is 6.58. The second-order valence-electron chi connectivity index (χ2n) is 4.93. The summed E-state index contributed by atoms with van der Waals surface area (Å²) in [6, 6.07) is 4.42. The fourth-order valence-electron chi connectivity index (χ4n) is 2.23. The second kappa shape index (κ2) is 5.91. The Kier molecular flexibility index (Phi) is 4.24. The summed E-state index contributed by atoms with van der Waals surface area (Å²) in [4.78, 5) is 11.9. The zero-order valence-corrected chi connectivity index (χ0v) is 11.0. The van der Waals surface area contributed by atoms with E-state index in [2.05, 4.69) is 5.32 Å². The van der Waals surface area contributed by atoms with Gasteiger partial charge in [-0.05, 0) is 31.9 Å². The van der Waals surface area contributed by atoms with E-state index in [1.807, 2.05) is 0 Å². The average Bonchev–Trinajstić information content (AvgIpc) is 2.86. The van der Waals surface area contributed by atoms with Crippen LogP contribution in [0.5, 0.6) is 5.75 Å². The summed E-state index contributed by atoms with van der Waals surface area (Å²) >= 11 is 0. The molecule has 1 amide bonds. The zero-order chi connectivity index (χ0) is 13.8. The van der Waals surface area contributed by atoms with Crippen molar-refractivity contribution in [3.05, 3.63) is 24.0 Å². The third kappa shape index (κ3) is 3.59. The molecule has 0 heterocycles. The van der Waals surface area contributed by atoms with E-state index in [0.717, 1.165) is 25.7 Å². The lowest BCUT2D eigenvalue weighted by Gasteiger charge is -2.18. The van der Waals surface area contributed by atoms with E-state index < -0.39 is 11.9 Å². The highest BCUT2D eigenvalue weighted by atomic mass is 19.1. The Labute approximate surface area is 112 Å². The van der Waals surface area contributed by atoms with Crippen LogP contribution in [0.4, 0.5) is 10.1 Å². The summed E-state index contributed by atoms with van der Waals surface area (Å²) in [5.74, 6) is -0.397. The molecule has 1 fully saturated rings. The van der Waals surface area contributed by atoms with E-state index >= 15 is 0 Å². The SMILES string of the molecule is CC(Oc1ccc(N)c(F)c1)C(=O)NC1CCCC1. The molecule has 0 aromatic heterocycles. The molecule has 1 aliphatic rings. The van der Waals surface area contributed by atoms with Crippen molar-refractivity contribution >= 4 is 11.6 Å². The predicted molar refractivity (Wildman–Crippen MR) is 71.3 cm³/mol. The molecule has 0 saturated heterocycles. The van der Waals surface area contributed by atoms with Crippen molar-refractivity contribution in [2.75, 3.05) is 5.73 Å². The van der Waals surface area contributed by atoms with E-state index in [0.29, 0.717) is 5.75 Å². The summed E-state index contributed by atoms with van der Waals surface area (Å²) < 4.78 is 18.7. The first kappa shape index (κ1) is 13.6. The van der Waals surface area contributed by atoms with Gasteiger partial charge in [-0.1, -0.05) is 12.8 Å². The molecule has 5 heteroatoms. The number of nitrogens with two attached hydrogens (primary N) is 1. The summed E-state index contributed by atoms with van der Waals surface area (Å²) in [5.41, 5.74) is 5.44. The Morgan fingerprint density at radius 3 is 2.79 bits per heavy atom. The number of carbonyl (C=O) groups excluding carboxylic acids is 1. The number of hydrogen-bond donors (Lipinski definition) is 2. The predicted octanol–water partition coefficient (Wildman–Crippen LogP) is 2.23. The van der Waals surface area contributed by atoms with E-state index in [4.69, 9.17) is 10.5 Å². The maximum Gasteiger partial charge on any atom is 0.260 e. The largest absolute Gasteiger partial charge is 0.481 e. The number of anilines is 1. The van der Waals surface area contributed by atoms with Gasteiger partial charge >= 0.3 is 0 Å². The van der Waals surface area contributed by atoms with Crippen LogP contribution in [0.15, 0.2) is 18.2 Å². The zero-order valence-electron chi connectivity index (χ0n) is 11.0. The molecule has 1 unspecified atom stereocenters. The van der Waals surface area contributed by atoms with Gasteiger partial charge in [0.25, 0.3) is 5.91 Å². The molecule has 1 aromatic rings. The van der Waals surface area contributed by atoms with Crippen LogP contribution in [-0.4, -0.2) is 18.1 Å². The molecule has 1 aromatic carbocycles. The summed E-state index contributed by atoms with van der Waals surface area (Å²) in [7, 11) is 0. The average molecular weight is 266 g/mol. The monoisotopic (exact) mass is 266 g/mol. The quantitative estimate of drug-likeness (QED) is 0.821. The van der Waals surface area contributed by atoms with Gasteiger partial charge in [-0.15, -0.1) is 0 Å². The number of carbonyl (C=O) groups is 1. The highest BCUT2D eigenvalue weighted by Gasteiger charge is 2.21.